The van der Waals surface area contributed by atoms with Crippen LogP contribution in [-0.2, 0) is 15.6 Å². The van der Waals surface area contributed by atoms with Gasteiger partial charge in [-0.1, -0.05) is 0 Å². The maximum atomic E-state index is 11.5. The van der Waals surface area contributed by atoms with Crippen LogP contribution in [0.2, 0.25) is 0 Å². The van der Waals surface area contributed by atoms with Crippen LogP contribution in [0.5, 0.6) is 5.75 Å². The van der Waals surface area contributed by atoms with Gasteiger partial charge in [-0.05, 0) is 12.1 Å². The van der Waals surface area contributed by atoms with E-state index in [0.717, 1.165) is 0 Å². The molecule has 5 nitrogen and oxygen atoms in total. The van der Waals surface area contributed by atoms with Crippen molar-refractivity contribution in [2.75, 3.05) is 30.2 Å². The lowest BCUT2D eigenvalue weighted by molar-refractivity contribution is -0.115. The van der Waals surface area contributed by atoms with Crippen LogP contribution in [0, 0.1) is 0 Å². The zero-order valence-electron chi connectivity index (χ0n) is 9.86. The highest BCUT2D eigenvalue weighted by molar-refractivity contribution is 7.84. The Morgan fingerprint density at radius 3 is 2.82 bits per heavy atom. The van der Waals surface area contributed by atoms with E-state index in [9.17, 15) is 9.00 Å². The molecule has 17 heavy (non-hydrogen) atoms. The third-order valence-corrected chi connectivity index (χ3v) is 2.90. The molecule has 0 aliphatic carbocycles. The Labute approximate surface area is 103 Å². The summed E-state index contributed by atoms with van der Waals surface area (Å²) < 4.78 is 16.0. The topological polar surface area (TPSA) is 81.4 Å². The smallest absolute Gasteiger partial charge is 0.225 e. The highest BCUT2D eigenvalue weighted by Gasteiger charge is 2.08. The second kappa shape index (κ2) is 6.24. The number of benzene rings is 1. The van der Waals surface area contributed by atoms with Gasteiger partial charge in [0, 0.05) is 41.0 Å². The van der Waals surface area contributed by atoms with Gasteiger partial charge in [-0.25, -0.2) is 0 Å². The predicted octanol–water partition coefficient (Wildman–Crippen LogP) is 0.985. The Hall–Kier alpha value is -1.56. The first kappa shape index (κ1) is 13.5. The van der Waals surface area contributed by atoms with E-state index >= 15 is 0 Å². The standard InChI is InChI=1S/C11H16N2O3S/c1-16-10-7-8(12)3-4-9(10)13-11(14)5-6-17(2)15/h3-4,7H,5-6,12H2,1-2H3,(H,13,14). The van der Waals surface area contributed by atoms with Gasteiger partial charge in [0.05, 0.1) is 12.8 Å². The number of carbonyl (C=O) groups is 1. The molecule has 1 aromatic rings. The molecule has 0 saturated heterocycles. The number of hydrogen-bond acceptors (Lipinski definition) is 4. The van der Waals surface area contributed by atoms with Crippen LogP contribution >= 0.6 is 0 Å². The fraction of sp³-hybridized carbons (Fsp3) is 0.364. The Bertz CT molecular complexity index is 435. The molecule has 6 heteroatoms. The third-order valence-electron chi connectivity index (χ3n) is 2.12. The maximum absolute atomic E-state index is 11.5. The molecule has 3 N–H and O–H groups in total. The summed E-state index contributed by atoms with van der Waals surface area (Å²) in [5, 5.41) is 2.69. The molecule has 0 aliphatic heterocycles. The van der Waals surface area contributed by atoms with E-state index in [1.165, 1.54) is 7.11 Å². The highest BCUT2D eigenvalue weighted by atomic mass is 32.2. The molecule has 0 radical (unpaired) electrons. The summed E-state index contributed by atoms with van der Waals surface area (Å²) in [5.41, 5.74) is 6.73. The Morgan fingerprint density at radius 2 is 2.24 bits per heavy atom. The molecular weight excluding hydrogens is 240 g/mol. The van der Waals surface area contributed by atoms with Crippen molar-refractivity contribution in [1.29, 1.82) is 0 Å². The summed E-state index contributed by atoms with van der Waals surface area (Å²) in [4.78, 5) is 11.5. The van der Waals surface area contributed by atoms with Crippen LogP contribution in [0.1, 0.15) is 6.42 Å². The quantitative estimate of drug-likeness (QED) is 0.770. The SMILES string of the molecule is COc1cc(N)ccc1NC(=O)CCS(C)=O. The van der Waals surface area contributed by atoms with Crippen molar-refractivity contribution in [2.24, 2.45) is 0 Å². The minimum atomic E-state index is -0.967. The molecule has 0 spiro atoms. The van der Waals surface area contributed by atoms with Crippen LogP contribution in [0.4, 0.5) is 11.4 Å². The van der Waals surface area contributed by atoms with E-state index in [1.54, 1.807) is 24.5 Å². The largest absolute Gasteiger partial charge is 0.494 e. The van der Waals surface area contributed by atoms with E-state index in [-0.39, 0.29) is 12.3 Å². The number of ether oxygens (including phenoxy) is 1. The predicted molar refractivity (Wildman–Crippen MR) is 69.6 cm³/mol. The third kappa shape index (κ3) is 4.44. The van der Waals surface area contributed by atoms with Crippen LogP contribution in [0.15, 0.2) is 18.2 Å². The highest BCUT2D eigenvalue weighted by Crippen LogP contribution is 2.26. The summed E-state index contributed by atoms with van der Waals surface area (Å²) in [6.07, 6.45) is 1.79. The van der Waals surface area contributed by atoms with Gasteiger partial charge in [0.15, 0.2) is 0 Å². The van der Waals surface area contributed by atoms with E-state index in [4.69, 9.17) is 10.5 Å². The number of rotatable bonds is 5. The monoisotopic (exact) mass is 256 g/mol. The molecule has 1 rings (SSSR count). The molecule has 1 aromatic carbocycles. The van der Waals surface area contributed by atoms with E-state index < -0.39 is 10.8 Å². The van der Waals surface area contributed by atoms with E-state index in [1.807, 2.05) is 0 Å². The van der Waals surface area contributed by atoms with Gasteiger partial charge in [-0.2, -0.15) is 0 Å². The zero-order valence-corrected chi connectivity index (χ0v) is 10.7. The average molecular weight is 256 g/mol. The number of nitrogens with two attached hydrogens (primary N) is 1. The summed E-state index contributed by atoms with van der Waals surface area (Å²) in [5.74, 6) is 0.669. The molecule has 1 amide bonds. The average Bonchev–Trinajstić information content (AvgIpc) is 2.28. The number of carbonyl (C=O) groups excluding carboxylic acids is 1. The Balaban J connectivity index is 2.67. The number of nitrogens with one attached hydrogen (secondary N) is 1. The van der Waals surface area contributed by atoms with Gasteiger partial charge in [0.1, 0.15) is 5.75 Å². The Morgan fingerprint density at radius 1 is 1.53 bits per heavy atom. The number of methoxy groups -OCH3 is 1. The molecule has 94 valence electrons. The van der Waals surface area contributed by atoms with Gasteiger partial charge in [-0.3, -0.25) is 9.00 Å². The molecule has 1 unspecified atom stereocenters. The van der Waals surface area contributed by atoms with Crippen molar-refractivity contribution >= 4 is 28.1 Å². The number of anilines is 2. The summed E-state index contributed by atoms with van der Waals surface area (Å²) in [6, 6.07) is 4.98. The van der Waals surface area contributed by atoms with Crippen LogP contribution < -0.4 is 15.8 Å². The normalized spacial score (nSPS) is 11.9. The van der Waals surface area contributed by atoms with Crippen molar-refractivity contribution < 1.29 is 13.7 Å². The van der Waals surface area contributed by atoms with Gasteiger partial charge in [-0.15, -0.1) is 0 Å². The lowest BCUT2D eigenvalue weighted by atomic mass is 10.2. The first-order valence-corrected chi connectivity index (χ1v) is 6.79. The van der Waals surface area contributed by atoms with E-state index in [2.05, 4.69) is 5.32 Å². The van der Waals surface area contributed by atoms with Crippen molar-refractivity contribution in [3.8, 4) is 5.75 Å². The summed E-state index contributed by atoms with van der Waals surface area (Å²) >= 11 is 0. The number of hydrogen-bond donors (Lipinski definition) is 2. The molecule has 0 bridgehead atoms. The Kier molecular flexibility index (Phi) is 4.96. The minimum Gasteiger partial charge on any atom is -0.494 e. The van der Waals surface area contributed by atoms with Gasteiger partial charge >= 0.3 is 0 Å². The first-order chi connectivity index (χ1) is 8.02. The molecule has 0 saturated carbocycles. The fourth-order valence-corrected chi connectivity index (χ4v) is 1.73. The maximum Gasteiger partial charge on any atom is 0.225 e. The molecule has 0 fully saturated rings. The van der Waals surface area contributed by atoms with Gasteiger partial charge in [0.25, 0.3) is 0 Å². The molecule has 1 atom stereocenters. The van der Waals surface area contributed by atoms with Gasteiger partial charge < -0.3 is 15.8 Å². The minimum absolute atomic E-state index is 0.191. The van der Waals surface area contributed by atoms with Crippen molar-refractivity contribution in [3.63, 3.8) is 0 Å². The molecule has 0 aromatic heterocycles. The second-order valence-corrected chi connectivity index (χ2v) is 5.09. The lowest BCUT2D eigenvalue weighted by Gasteiger charge is -2.10. The molecule has 0 aliphatic rings. The number of nitrogen functional groups attached to an aromatic ring is 1. The number of amides is 1. The lowest BCUT2D eigenvalue weighted by Crippen LogP contribution is -2.15. The van der Waals surface area contributed by atoms with Crippen molar-refractivity contribution in [2.45, 2.75) is 6.42 Å². The first-order valence-electron chi connectivity index (χ1n) is 5.06. The summed E-state index contributed by atoms with van der Waals surface area (Å²) in [6.45, 7) is 0. The van der Waals surface area contributed by atoms with Crippen LogP contribution in [0.25, 0.3) is 0 Å². The summed E-state index contributed by atoms with van der Waals surface area (Å²) in [7, 11) is 0.538. The van der Waals surface area contributed by atoms with Crippen LogP contribution in [-0.4, -0.2) is 29.2 Å². The van der Waals surface area contributed by atoms with Crippen molar-refractivity contribution in [1.82, 2.24) is 0 Å². The van der Waals surface area contributed by atoms with E-state index in [0.29, 0.717) is 22.9 Å². The molecule has 0 heterocycles. The van der Waals surface area contributed by atoms with Crippen LogP contribution in [0.3, 0.4) is 0 Å². The fourth-order valence-electron chi connectivity index (χ4n) is 1.26. The van der Waals surface area contributed by atoms with Gasteiger partial charge in [0.2, 0.25) is 5.91 Å². The molecular formula is C11H16N2O3S. The second-order valence-electron chi connectivity index (χ2n) is 3.54. The zero-order chi connectivity index (χ0) is 12.8. The van der Waals surface area contributed by atoms with Crippen molar-refractivity contribution in [3.05, 3.63) is 18.2 Å².